The fraction of sp³-hybridized carbons (Fsp3) is 0. The number of nitrogens with zero attached hydrogens (tertiary/aromatic N) is 3. The fourth-order valence-electron chi connectivity index (χ4n) is 2.85. The van der Waals surface area contributed by atoms with E-state index in [0.717, 1.165) is 45.1 Å². The predicted octanol–water partition coefficient (Wildman–Crippen LogP) is 1.86. The van der Waals surface area contributed by atoms with Crippen LogP contribution in [0, 0.1) is 0 Å². The third-order valence-electron chi connectivity index (χ3n) is 4.01. The molecule has 2 aromatic carbocycles. The topological polar surface area (TPSA) is 70.2 Å². The van der Waals surface area contributed by atoms with E-state index in [1.807, 2.05) is 84.0 Å². The second kappa shape index (κ2) is 8.61. The number of benzene rings is 2. The zero-order valence-electron chi connectivity index (χ0n) is 13.8. The minimum absolute atomic E-state index is 0. The van der Waals surface area contributed by atoms with Crippen LogP contribution in [0.1, 0.15) is 0 Å². The zero-order chi connectivity index (χ0) is 17.9. The number of fused-ring (bicyclic) bond motifs is 2. The molecule has 0 spiro atoms. The van der Waals surface area contributed by atoms with E-state index < -0.39 is 0 Å². The van der Waals surface area contributed by atoms with Crippen LogP contribution in [0.25, 0.3) is 45.1 Å². The maximum atomic E-state index is 4.72. The standard InChI is InChI=1S/C19H13N5.2ClH.Ru/c1-2-7-13-12(6-1)21-18(22-13)16-10-5-11-17(20-16)19-23-14-8-3-4-9-15(14)24-19;;;/h1-11H,(H,21,22)(H,23,24);2*1H;/q;;;+2/p-2. The van der Waals surface area contributed by atoms with Gasteiger partial charge in [-0.3, -0.25) is 0 Å². The molecule has 27 heavy (non-hydrogen) atoms. The maximum absolute atomic E-state index is 4.72. The van der Waals surface area contributed by atoms with Gasteiger partial charge in [0.05, 0.1) is 22.1 Å². The summed E-state index contributed by atoms with van der Waals surface area (Å²) in [5.41, 5.74) is 5.46. The smallest absolute Gasteiger partial charge is 0.157 e. The van der Waals surface area contributed by atoms with E-state index in [9.17, 15) is 0 Å². The molecule has 0 unspecified atom stereocenters. The molecular weight excluding hydrogens is 470 g/mol. The molecule has 3 aromatic heterocycles. The molecule has 0 fully saturated rings. The largest absolute Gasteiger partial charge is 0.337 e. The van der Waals surface area contributed by atoms with Crippen LogP contribution < -0.4 is 12.4 Å². The van der Waals surface area contributed by atoms with Crippen LogP contribution >= 0.6 is 9.69 Å². The Bertz CT molecular complexity index is 1030. The van der Waals surface area contributed by atoms with Crippen molar-refractivity contribution in [2.75, 3.05) is 0 Å². The van der Waals surface area contributed by atoms with E-state index in [-0.39, 0.29) is 12.4 Å². The van der Waals surface area contributed by atoms with E-state index in [0.29, 0.717) is 0 Å². The molecular formula is C19H13Cl2N5Ru. The van der Waals surface area contributed by atoms with Crippen LogP contribution in [0.4, 0.5) is 0 Å². The second-order valence-electron chi connectivity index (χ2n) is 5.61. The summed E-state index contributed by atoms with van der Waals surface area (Å²) >= 11 is 1.82. The molecule has 8 heteroatoms. The van der Waals surface area contributed by atoms with Gasteiger partial charge in [0.2, 0.25) is 0 Å². The molecule has 0 aliphatic carbocycles. The van der Waals surface area contributed by atoms with Crippen molar-refractivity contribution in [3.8, 4) is 23.0 Å². The van der Waals surface area contributed by atoms with Gasteiger partial charge in [0.15, 0.2) is 11.6 Å². The van der Waals surface area contributed by atoms with Gasteiger partial charge in [-0.1, -0.05) is 30.3 Å². The first-order valence-corrected chi connectivity index (χ1v) is 10.1. The number of aromatic nitrogens is 5. The number of para-hydroxylation sites is 4. The van der Waals surface area contributed by atoms with E-state index in [1.165, 1.54) is 0 Å². The van der Waals surface area contributed by atoms with Gasteiger partial charge in [0, 0.05) is 0 Å². The Morgan fingerprint density at radius 3 is 1.48 bits per heavy atom. The third-order valence-corrected chi connectivity index (χ3v) is 4.01. The Hall–Kier alpha value is -2.27. The van der Waals surface area contributed by atoms with Gasteiger partial charge < -0.3 is 22.4 Å². The van der Waals surface area contributed by atoms with Crippen molar-refractivity contribution in [3.63, 3.8) is 0 Å². The molecule has 0 atom stereocenters. The van der Waals surface area contributed by atoms with Gasteiger partial charge >= 0.3 is 27.0 Å². The first-order chi connectivity index (χ1) is 12.9. The zero-order valence-corrected chi connectivity index (χ0v) is 17.1. The Kier molecular flexibility index (Phi) is 6.22. The third kappa shape index (κ3) is 3.88. The van der Waals surface area contributed by atoms with Gasteiger partial charge in [0.1, 0.15) is 11.4 Å². The van der Waals surface area contributed by atoms with Crippen LogP contribution in [-0.2, 0) is 17.3 Å². The summed E-state index contributed by atoms with van der Waals surface area (Å²) in [7, 11) is 4.57. The van der Waals surface area contributed by atoms with E-state index in [1.54, 1.807) is 0 Å². The van der Waals surface area contributed by atoms with Crippen molar-refractivity contribution in [1.82, 2.24) is 24.9 Å². The van der Waals surface area contributed by atoms with E-state index >= 15 is 0 Å². The van der Waals surface area contributed by atoms with Crippen LogP contribution in [0.5, 0.6) is 0 Å². The molecule has 0 saturated heterocycles. The van der Waals surface area contributed by atoms with Crippen molar-refractivity contribution in [3.05, 3.63) is 66.7 Å². The Balaban J connectivity index is 0.000000680. The molecule has 0 radical (unpaired) electrons. The van der Waals surface area contributed by atoms with Crippen LogP contribution in [-0.4, -0.2) is 24.9 Å². The van der Waals surface area contributed by atoms with Crippen molar-refractivity contribution in [2.45, 2.75) is 0 Å². The monoisotopic (exact) mass is 483 g/mol. The molecule has 5 rings (SSSR count). The summed E-state index contributed by atoms with van der Waals surface area (Å²) in [6.45, 7) is 0. The number of hydrogen-bond acceptors (Lipinski definition) is 3. The van der Waals surface area contributed by atoms with E-state index in [4.69, 9.17) is 4.98 Å². The molecule has 5 aromatic rings. The molecule has 136 valence electrons. The average Bonchev–Trinajstić information content (AvgIpc) is 3.34. The fourth-order valence-corrected chi connectivity index (χ4v) is 2.85. The summed E-state index contributed by atoms with van der Waals surface area (Å²) < 4.78 is 0. The van der Waals surface area contributed by atoms with Gasteiger partial charge in [-0.25, -0.2) is 15.0 Å². The van der Waals surface area contributed by atoms with Gasteiger partial charge in [-0.15, -0.1) is 0 Å². The molecule has 3 heterocycles. The van der Waals surface area contributed by atoms with Crippen LogP contribution in [0.2, 0.25) is 0 Å². The minimum Gasteiger partial charge on any atom is -0.337 e. The van der Waals surface area contributed by atoms with Crippen molar-refractivity contribution < 1.29 is 29.7 Å². The molecule has 2 N–H and O–H groups in total. The first kappa shape index (κ1) is 19.5. The van der Waals surface area contributed by atoms with Crippen molar-refractivity contribution in [1.29, 1.82) is 0 Å². The Labute approximate surface area is 175 Å². The number of pyridine rings is 1. The van der Waals surface area contributed by atoms with Gasteiger partial charge in [-0.05, 0) is 36.4 Å². The number of hydrogen-bond donors (Lipinski definition) is 2. The Morgan fingerprint density at radius 1 is 0.593 bits per heavy atom. The Morgan fingerprint density at radius 2 is 1.04 bits per heavy atom. The summed E-state index contributed by atoms with van der Waals surface area (Å²) in [5, 5.41) is 0. The van der Waals surface area contributed by atoms with Crippen LogP contribution in [0.15, 0.2) is 66.7 Å². The number of halogens is 2. The van der Waals surface area contributed by atoms with E-state index in [2.05, 4.69) is 29.6 Å². The van der Waals surface area contributed by atoms with Gasteiger partial charge in [0.25, 0.3) is 0 Å². The number of aromatic amines is 2. The SMILES string of the molecule is [Cl-].[Cl][Ru+].c1cc(-c2nc3ccccc3[nH]2)nc(-c2nc3ccccc3[nH]2)c1. The number of H-pyrrole nitrogens is 2. The predicted molar refractivity (Wildman–Crippen MR) is 100 cm³/mol. The normalized spacial score (nSPS) is 10.3. The average molecular weight is 483 g/mol. The van der Waals surface area contributed by atoms with Gasteiger partial charge in [-0.2, -0.15) is 0 Å². The molecule has 5 nitrogen and oxygen atoms in total. The minimum atomic E-state index is 0. The number of imidazole rings is 2. The maximum Gasteiger partial charge on any atom is 0.157 e. The molecule has 0 bridgehead atoms. The summed E-state index contributed by atoms with van der Waals surface area (Å²) in [6.07, 6.45) is 0. The summed E-state index contributed by atoms with van der Waals surface area (Å²) in [5.74, 6) is 1.52. The van der Waals surface area contributed by atoms with Crippen molar-refractivity contribution in [2.24, 2.45) is 0 Å². The summed E-state index contributed by atoms with van der Waals surface area (Å²) in [4.78, 5) is 20.6. The molecule has 0 amide bonds. The first-order valence-electron chi connectivity index (χ1n) is 7.87. The quantitative estimate of drug-likeness (QED) is 0.377. The number of nitrogens with one attached hydrogen (secondary N) is 2. The second-order valence-corrected chi connectivity index (χ2v) is 5.61. The molecule has 0 aliphatic heterocycles. The number of rotatable bonds is 2. The molecule has 0 aliphatic rings. The summed E-state index contributed by atoms with van der Waals surface area (Å²) in [6, 6.07) is 21.8. The van der Waals surface area contributed by atoms with Crippen molar-refractivity contribution >= 4 is 31.8 Å². The van der Waals surface area contributed by atoms with Crippen LogP contribution in [0.3, 0.4) is 0 Å². The molecule has 0 saturated carbocycles.